The molecule has 0 aromatic rings. The number of amides is 1. The number of aliphatic imine (C=N–C) groups is 1. The normalized spacial score (nSPS) is 31.6. The summed E-state index contributed by atoms with van der Waals surface area (Å²) in [5, 5.41) is 6.18. The summed E-state index contributed by atoms with van der Waals surface area (Å²) in [4.78, 5) is 18.1. The van der Waals surface area contributed by atoms with Crippen LogP contribution in [-0.2, 0) is 4.79 Å². The Balaban J connectivity index is 1.75. The quantitative estimate of drug-likeness (QED) is 0.491. The number of nitrogens with two attached hydrogens (primary N) is 1. The van der Waals surface area contributed by atoms with Crippen molar-refractivity contribution < 1.29 is 4.79 Å². The van der Waals surface area contributed by atoms with Crippen molar-refractivity contribution in [3.05, 3.63) is 0 Å². The average molecular weight is 281 g/mol. The molecule has 0 aliphatic carbocycles. The summed E-state index contributed by atoms with van der Waals surface area (Å²) in [5.74, 6) is 0.592. The molecule has 0 spiro atoms. The lowest BCUT2D eigenvalue weighted by molar-refractivity contribution is -0.119. The zero-order valence-electron chi connectivity index (χ0n) is 12.6. The second kappa shape index (κ2) is 6.43. The lowest BCUT2D eigenvalue weighted by atomic mass is 10.0. The first-order valence-electron chi connectivity index (χ1n) is 7.61. The van der Waals surface area contributed by atoms with E-state index in [0.717, 1.165) is 19.5 Å². The van der Waals surface area contributed by atoms with Crippen LogP contribution < -0.4 is 16.4 Å². The minimum atomic E-state index is -0.230. The molecule has 2 unspecified atom stereocenters. The van der Waals surface area contributed by atoms with E-state index < -0.39 is 0 Å². The van der Waals surface area contributed by atoms with Gasteiger partial charge in [0.15, 0.2) is 5.96 Å². The van der Waals surface area contributed by atoms with Gasteiger partial charge in [0.05, 0.1) is 12.1 Å². The molecule has 2 atom stereocenters. The van der Waals surface area contributed by atoms with E-state index in [2.05, 4.69) is 27.4 Å². The fraction of sp³-hybridized carbons (Fsp3) is 0.857. The molecule has 2 aliphatic rings. The van der Waals surface area contributed by atoms with Crippen molar-refractivity contribution in [2.24, 2.45) is 10.7 Å². The molecule has 6 heteroatoms. The molecule has 4 N–H and O–H groups in total. The zero-order chi connectivity index (χ0) is 14.6. The first kappa shape index (κ1) is 15.1. The third-order valence-electron chi connectivity index (χ3n) is 4.37. The third kappa shape index (κ3) is 3.85. The molecule has 2 saturated heterocycles. The lowest BCUT2D eigenvalue weighted by Gasteiger charge is -2.24. The van der Waals surface area contributed by atoms with E-state index in [1.54, 1.807) is 0 Å². The fourth-order valence-corrected chi connectivity index (χ4v) is 3.05. The summed E-state index contributed by atoms with van der Waals surface area (Å²) in [6.45, 7) is 7.88. The van der Waals surface area contributed by atoms with Crippen LogP contribution in [0.3, 0.4) is 0 Å². The van der Waals surface area contributed by atoms with Crippen LogP contribution in [0.15, 0.2) is 4.99 Å². The Labute approximate surface area is 121 Å². The largest absolute Gasteiger partial charge is 0.370 e. The van der Waals surface area contributed by atoms with Gasteiger partial charge in [0.25, 0.3) is 0 Å². The molecular formula is C14H27N5O. The van der Waals surface area contributed by atoms with E-state index in [1.807, 2.05) is 6.92 Å². The van der Waals surface area contributed by atoms with Crippen LogP contribution >= 0.6 is 0 Å². The van der Waals surface area contributed by atoms with E-state index in [-0.39, 0.29) is 11.4 Å². The number of likely N-dealkylation sites (tertiary alicyclic amines) is 1. The van der Waals surface area contributed by atoms with Crippen LogP contribution in [0.25, 0.3) is 0 Å². The van der Waals surface area contributed by atoms with Crippen molar-refractivity contribution in [3.8, 4) is 0 Å². The molecule has 1 amide bonds. The van der Waals surface area contributed by atoms with Gasteiger partial charge in [-0.1, -0.05) is 6.92 Å². The molecule has 2 rings (SSSR count). The van der Waals surface area contributed by atoms with Gasteiger partial charge in [-0.2, -0.15) is 0 Å². The molecular weight excluding hydrogens is 254 g/mol. The number of likely N-dealkylation sites (N-methyl/N-ethyl adjacent to an activating group) is 1. The molecule has 0 aromatic carbocycles. The van der Waals surface area contributed by atoms with Gasteiger partial charge in [-0.3, -0.25) is 14.7 Å². The lowest BCUT2D eigenvalue weighted by Crippen LogP contribution is -2.45. The molecule has 6 nitrogen and oxygen atoms in total. The smallest absolute Gasteiger partial charge is 0.220 e. The number of hydrogen-bond donors (Lipinski definition) is 3. The summed E-state index contributed by atoms with van der Waals surface area (Å²) < 4.78 is 0. The highest BCUT2D eigenvalue weighted by Crippen LogP contribution is 2.19. The minimum Gasteiger partial charge on any atom is -0.370 e. The predicted octanol–water partition coefficient (Wildman–Crippen LogP) is 0.0437. The summed E-state index contributed by atoms with van der Waals surface area (Å²) in [6.07, 6.45) is 3.91. The topological polar surface area (TPSA) is 82.8 Å². The molecule has 114 valence electrons. The fourth-order valence-electron chi connectivity index (χ4n) is 3.05. The Hall–Kier alpha value is -1.30. The van der Waals surface area contributed by atoms with E-state index in [1.165, 1.54) is 19.4 Å². The maximum atomic E-state index is 11.3. The molecule has 0 aromatic heterocycles. The Kier molecular flexibility index (Phi) is 4.86. The van der Waals surface area contributed by atoms with Gasteiger partial charge < -0.3 is 16.4 Å². The van der Waals surface area contributed by atoms with Crippen molar-refractivity contribution in [3.63, 3.8) is 0 Å². The zero-order valence-corrected chi connectivity index (χ0v) is 12.6. The van der Waals surface area contributed by atoms with Gasteiger partial charge in [-0.25, -0.2) is 0 Å². The molecule has 2 fully saturated rings. The average Bonchev–Trinajstić information content (AvgIpc) is 3.01. The number of hydrogen-bond acceptors (Lipinski definition) is 3. The number of rotatable bonds is 5. The standard InChI is InChI=1S/C14H27N5O/c1-3-19-8-4-5-11(19)9-16-13(15)17-10-14(2)7-6-12(20)18-14/h11H,3-10H2,1-2H3,(H,18,20)(H3,15,16,17). The predicted molar refractivity (Wildman–Crippen MR) is 80.5 cm³/mol. The number of nitrogens with one attached hydrogen (secondary N) is 2. The van der Waals surface area contributed by atoms with Gasteiger partial charge in [-0.15, -0.1) is 0 Å². The van der Waals surface area contributed by atoms with Crippen LogP contribution in [0.5, 0.6) is 0 Å². The van der Waals surface area contributed by atoms with Crippen molar-refractivity contribution in [2.75, 3.05) is 26.2 Å². The molecule has 2 aliphatic heterocycles. The van der Waals surface area contributed by atoms with Crippen LogP contribution in [0.2, 0.25) is 0 Å². The minimum absolute atomic E-state index is 0.110. The Bertz CT molecular complexity index is 384. The van der Waals surface area contributed by atoms with Crippen LogP contribution in [0.1, 0.15) is 39.5 Å². The molecule has 0 saturated carbocycles. The van der Waals surface area contributed by atoms with Gasteiger partial charge in [0, 0.05) is 19.0 Å². The number of guanidine groups is 1. The summed E-state index contributed by atoms with van der Waals surface area (Å²) >= 11 is 0. The van der Waals surface area contributed by atoms with E-state index >= 15 is 0 Å². The van der Waals surface area contributed by atoms with Crippen molar-refractivity contribution in [1.82, 2.24) is 15.5 Å². The maximum Gasteiger partial charge on any atom is 0.220 e. The number of carbonyl (C=O) groups is 1. The first-order valence-corrected chi connectivity index (χ1v) is 7.61. The van der Waals surface area contributed by atoms with Crippen molar-refractivity contribution in [2.45, 2.75) is 51.1 Å². The highest BCUT2D eigenvalue weighted by molar-refractivity contribution is 5.80. The highest BCUT2D eigenvalue weighted by Gasteiger charge is 2.32. The monoisotopic (exact) mass is 281 g/mol. The summed E-state index contributed by atoms with van der Waals surface area (Å²) in [7, 11) is 0. The van der Waals surface area contributed by atoms with Crippen molar-refractivity contribution in [1.29, 1.82) is 0 Å². The van der Waals surface area contributed by atoms with Gasteiger partial charge >= 0.3 is 0 Å². The van der Waals surface area contributed by atoms with E-state index in [0.29, 0.717) is 25.0 Å². The van der Waals surface area contributed by atoms with Crippen LogP contribution in [0, 0.1) is 0 Å². The molecule has 2 heterocycles. The summed E-state index contributed by atoms with van der Waals surface area (Å²) in [5.41, 5.74) is 5.69. The highest BCUT2D eigenvalue weighted by atomic mass is 16.2. The van der Waals surface area contributed by atoms with E-state index in [4.69, 9.17) is 5.73 Å². The maximum absolute atomic E-state index is 11.3. The SMILES string of the molecule is CCN1CCCC1CNC(N)=NCC1(C)CCC(=O)N1. The van der Waals surface area contributed by atoms with Crippen molar-refractivity contribution >= 4 is 11.9 Å². The number of carbonyl (C=O) groups excluding carboxylic acids is 1. The second-order valence-electron chi connectivity index (χ2n) is 6.12. The van der Waals surface area contributed by atoms with Gasteiger partial charge in [0.1, 0.15) is 0 Å². The van der Waals surface area contributed by atoms with Crippen LogP contribution in [0.4, 0.5) is 0 Å². The second-order valence-corrected chi connectivity index (χ2v) is 6.12. The number of nitrogens with zero attached hydrogens (tertiary/aromatic N) is 2. The molecule has 0 radical (unpaired) electrons. The van der Waals surface area contributed by atoms with Gasteiger partial charge in [-0.05, 0) is 39.3 Å². The molecule has 20 heavy (non-hydrogen) atoms. The Morgan fingerprint density at radius 3 is 3.10 bits per heavy atom. The van der Waals surface area contributed by atoms with Crippen LogP contribution in [-0.4, -0.2) is 54.5 Å². The van der Waals surface area contributed by atoms with E-state index in [9.17, 15) is 4.79 Å². The Morgan fingerprint density at radius 2 is 2.45 bits per heavy atom. The Morgan fingerprint density at radius 1 is 1.65 bits per heavy atom. The van der Waals surface area contributed by atoms with Gasteiger partial charge in [0.2, 0.25) is 5.91 Å². The molecule has 0 bridgehead atoms. The first-order chi connectivity index (χ1) is 9.52. The third-order valence-corrected chi connectivity index (χ3v) is 4.37. The summed E-state index contributed by atoms with van der Waals surface area (Å²) in [6, 6.07) is 0.565.